The second-order valence-corrected chi connectivity index (χ2v) is 7.67. The number of amides is 1. The quantitative estimate of drug-likeness (QED) is 0.353. The van der Waals surface area contributed by atoms with Gasteiger partial charge in [-0.05, 0) is 34.5 Å². The van der Waals surface area contributed by atoms with Gasteiger partial charge < -0.3 is 19.8 Å². The fourth-order valence-electron chi connectivity index (χ4n) is 3.83. The van der Waals surface area contributed by atoms with Gasteiger partial charge in [0.05, 0.1) is 23.2 Å². The number of likely N-dealkylation sites (tertiary alicyclic amines) is 1. The molecule has 0 spiro atoms. The smallest absolute Gasteiger partial charge is 0.295 e. The number of aromatic hydroxyl groups is 1. The van der Waals surface area contributed by atoms with E-state index in [2.05, 4.69) is 0 Å². The molecule has 1 fully saturated rings. The van der Waals surface area contributed by atoms with Crippen LogP contribution in [0.3, 0.4) is 0 Å². The summed E-state index contributed by atoms with van der Waals surface area (Å²) in [5.41, 5.74) is 0.900. The first-order valence-electron chi connectivity index (χ1n) is 9.67. The van der Waals surface area contributed by atoms with Gasteiger partial charge in [-0.2, -0.15) is 0 Å². The number of fused-ring (bicyclic) bond motifs is 1. The highest BCUT2D eigenvalue weighted by Crippen LogP contribution is 2.41. The highest BCUT2D eigenvalue weighted by atomic mass is 35.5. The Morgan fingerprint density at radius 3 is 2.52 bits per heavy atom. The Labute approximate surface area is 183 Å². The van der Waals surface area contributed by atoms with Crippen LogP contribution < -0.4 is 0 Å². The van der Waals surface area contributed by atoms with Crippen molar-refractivity contribution >= 4 is 39.8 Å². The number of aliphatic hydroxyl groups is 1. The van der Waals surface area contributed by atoms with E-state index in [1.165, 1.54) is 24.1 Å². The summed E-state index contributed by atoms with van der Waals surface area (Å²) in [5, 5.41) is 22.9. The van der Waals surface area contributed by atoms with Gasteiger partial charge in [-0.25, -0.2) is 0 Å². The van der Waals surface area contributed by atoms with Crippen molar-refractivity contribution in [2.45, 2.75) is 6.04 Å². The molecule has 1 saturated heterocycles. The molecular weight excluding hydrogens is 418 g/mol. The number of nitrogens with zero attached hydrogens (tertiary/aromatic N) is 1. The molecule has 3 aromatic rings. The average Bonchev–Trinajstić information content (AvgIpc) is 3.03. The van der Waals surface area contributed by atoms with Crippen molar-refractivity contribution in [2.75, 3.05) is 20.3 Å². The van der Waals surface area contributed by atoms with Crippen LogP contribution in [0.4, 0.5) is 0 Å². The Morgan fingerprint density at radius 1 is 1.06 bits per heavy atom. The molecule has 0 bridgehead atoms. The number of carbonyl (C=O) groups excluding carboxylic acids is 2. The predicted octanol–water partition coefficient (Wildman–Crippen LogP) is 4.27. The maximum absolute atomic E-state index is 13.0. The molecule has 1 atom stereocenters. The van der Waals surface area contributed by atoms with Crippen molar-refractivity contribution < 1.29 is 24.5 Å². The largest absolute Gasteiger partial charge is 0.507 e. The Kier molecular flexibility index (Phi) is 5.67. The number of hydrogen-bond donors (Lipinski definition) is 2. The van der Waals surface area contributed by atoms with E-state index in [4.69, 9.17) is 16.3 Å². The van der Waals surface area contributed by atoms with Gasteiger partial charge in [0, 0.05) is 19.2 Å². The molecule has 1 aliphatic rings. The van der Waals surface area contributed by atoms with Gasteiger partial charge in [0.2, 0.25) is 0 Å². The summed E-state index contributed by atoms with van der Waals surface area (Å²) in [4.78, 5) is 27.1. The number of aliphatic hydroxyl groups excluding tert-OH is 1. The van der Waals surface area contributed by atoms with Crippen molar-refractivity contribution in [1.82, 2.24) is 4.90 Å². The lowest BCUT2D eigenvalue weighted by atomic mass is 9.94. The summed E-state index contributed by atoms with van der Waals surface area (Å²) in [7, 11) is 1.50. The molecule has 1 aliphatic heterocycles. The molecule has 31 heavy (non-hydrogen) atoms. The summed E-state index contributed by atoms with van der Waals surface area (Å²) >= 11 is 6.09. The first-order chi connectivity index (χ1) is 14.9. The zero-order chi connectivity index (χ0) is 22.1. The number of carbonyl (C=O) groups is 2. The van der Waals surface area contributed by atoms with E-state index in [-0.39, 0.29) is 35.3 Å². The highest BCUT2D eigenvalue weighted by molar-refractivity contribution is 6.46. The van der Waals surface area contributed by atoms with Crippen LogP contribution in [0.25, 0.3) is 16.5 Å². The van der Waals surface area contributed by atoms with Gasteiger partial charge in [-0.1, -0.05) is 54.1 Å². The number of rotatable bonds is 5. The minimum Gasteiger partial charge on any atom is -0.507 e. The third-order valence-corrected chi connectivity index (χ3v) is 5.69. The summed E-state index contributed by atoms with van der Waals surface area (Å²) in [6.07, 6.45) is 0. The van der Waals surface area contributed by atoms with E-state index < -0.39 is 17.7 Å². The van der Waals surface area contributed by atoms with Gasteiger partial charge in [-0.3, -0.25) is 9.59 Å². The third kappa shape index (κ3) is 3.76. The van der Waals surface area contributed by atoms with Crippen LogP contribution in [-0.2, 0) is 14.3 Å². The van der Waals surface area contributed by atoms with Crippen LogP contribution in [0.15, 0.2) is 66.2 Å². The van der Waals surface area contributed by atoms with E-state index in [1.54, 1.807) is 18.2 Å². The normalized spacial score (nSPS) is 18.1. The number of ether oxygens (including phenoxy) is 1. The Morgan fingerprint density at radius 2 is 1.81 bits per heavy atom. The number of Topliss-reactive ketones (excluding diaryl/α,β-unsaturated/α-hetero) is 1. The SMILES string of the molecule is COCCN1C(=O)C(=O)/C(=C(\O)c2ccc3ccccc3c2)C1c1ccc(O)c(Cl)c1. The second kappa shape index (κ2) is 8.41. The molecule has 7 heteroatoms. The highest BCUT2D eigenvalue weighted by Gasteiger charge is 2.46. The van der Waals surface area contributed by atoms with Crippen molar-refractivity contribution in [3.8, 4) is 5.75 Å². The topological polar surface area (TPSA) is 87.1 Å². The first kappa shape index (κ1) is 20.9. The van der Waals surface area contributed by atoms with Gasteiger partial charge in [0.15, 0.2) is 0 Å². The zero-order valence-corrected chi connectivity index (χ0v) is 17.5. The minimum absolute atomic E-state index is 0.0295. The lowest BCUT2D eigenvalue weighted by molar-refractivity contribution is -0.140. The van der Waals surface area contributed by atoms with Crippen LogP contribution in [-0.4, -0.2) is 47.1 Å². The van der Waals surface area contributed by atoms with Gasteiger partial charge in [0.25, 0.3) is 11.7 Å². The summed E-state index contributed by atoms with van der Waals surface area (Å²) in [5.74, 6) is -1.89. The standard InChI is InChI=1S/C24H20ClNO5/c1-31-11-10-26-21(16-8-9-19(27)18(25)13-16)20(23(29)24(26)30)22(28)17-7-6-14-4-2-3-5-15(14)12-17/h2-9,12-13,21,27-28H,10-11H2,1H3/b22-20-. The number of methoxy groups -OCH3 is 1. The second-order valence-electron chi connectivity index (χ2n) is 7.26. The number of benzene rings is 3. The zero-order valence-electron chi connectivity index (χ0n) is 16.7. The van der Waals surface area contributed by atoms with Gasteiger partial charge in [-0.15, -0.1) is 0 Å². The molecule has 3 aromatic carbocycles. The molecular formula is C24H20ClNO5. The van der Waals surface area contributed by atoms with Crippen LogP contribution in [0.1, 0.15) is 17.2 Å². The molecule has 6 nitrogen and oxygen atoms in total. The third-order valence-electron chi connectivity index (χ3n) is 5.39. The van der Waals surface area contributed by atoms with E-state index in [0.29, 0.717) is 11.1 Å². The Bertz CT molecular complexity index is 1220. The van der Waals surface area contributed by atoms with E-state index >= 15 is 0 Å². The molecule has 1 heterocycles. The molecule has 2 N–H and O–H groups in total. The molecule has 1 amide bonds. The Balaban J connectivity index is 1.89. The van der Waals surface area contributed by atoms with E-state index in [9.17, 15) is 19.8 Å². The summed E-state index contributed by atoms with van der Waals surface area (Å²) < 4.78 is 5.09. The van der Waals surface area contributed by atoms with Crippen LogP contribution in [0, 0.1) is 0 Å². The molecule has 4 rings (SSSR count). The predicted molar refractivity (Wildman–Crippen MR) is 118 cm³/mol. The number of halogens is 1. The van der Waals surface area contributed by atoms with Crippen LogP contribution >= 0.6 is 11.6 Å². The number of phenols is 1. The fraction of sp³-hybridized carbons (Fsp3) is 0.167. The summed E-state index contributed by atoms with van der Waals surface area (Å²) in [6, 6.07) is 16.6. The van der Waals surface area contributed by atoms with Gasteiger partial charge in [0.1, 0.15) is 11.5 Å². The van der Waals surface area contributed by atoms with Crippen LogP contribution in [0.2, 0.25) is 5.02 Å². The number of hydrogen-bond acceptors (Lipinski definition) is 5. The first-order valence-corrected chi connectivity index (χ1v) is 10.0. The van der Waals surface area contributed by atoms with Crippen molar-refractivity contribution in [3.63, 3.8) is 0 Å². The lowest BCUT2D eigenvalue weighted by Gasteiger charge is -2.25. The molecule has 0 radical (unpaired) electrons. The number of ketones is 1. The van der Waals surface area contributed by atoms with Crippen molar-refractivity contribution in [2.24, 2.45) is 0 Å². The molecule has 1 unspecified atom stereocenters. The lowest BCUT2D eigenvalue weighted by Crippen LogP contribution is -2.32. The van der Waals surface area contributed by atoms with Crippen molar-refractivity contribution in [3.05, 3.63) is 82.4 Å². The molecule has 0 aliphatic carbocycles. The maximum atomic E-state index is 13.0. The minimum atomic E-state index is -0.861. The van der Waals surface area contributed by atoms with Crippen molar-refractivity contribution in [1.29, 1.82) is 0 Å². The fourth-order valence-corrected chi connectivity index (χ4v) is 4.02. The molecule has 158 valence electrons. The monoisotopic (exact) mass is 437 g/mol. The van der Waals surface area contributed by atoms with Crippen LogP contribution in [0.5, 0.6) is 5.75 Å². The van der Waals surface area contributed by atoms with Gasteiger partial charge >= 0.3 is 0 Å². The average molecular weight is 438 g/mol. The Hall–Kier alpha value is -3.35. The summed E-state index contributed by atoms with van der Waals surface area (Å²) in [6.45, 7) is 0.365. The molecule has 0 saturated carbocycles. The van der Waals surface area contributed by atoms with E-state index in [1.807, 2.05) is 30.3 Å². The number of phenolic OH excluding ortho intramolecular Hbond substituents is 1. The molecule has 0 aromatic heterocycles. The maximum Gasteiger partial charge on any atom is 0.295 e. The van der Waals surface area contributed by atoms with E-state index in [0.717, 1.165) is 10.8 Å².